The minimum Gasteiger partial charge on any atom is -0.464 e. The molecule has 0 saturated carbocycles. The number of benzene rings is 1. The SMILES string of the molecule is CC[C@@H]1C=C[C@@H]2[C@H]([C@H]1C(C)(C)C)[C@](C)(COCc1ccccc1)N(C(=O)O)S2(=O)=O. The first kappa shape index (κ1) is 22.8. The molecular weight excluding hydrogens is 402 g/mol. The maximum absolute atomic E-state index is 13.3. The van der Waals surface area contributed by atoms with Crippen molar-refractivity contribution >= 4 is 16.1 Å². The number of hydrogen-bond acceptors (Lipinski definition) is 4. The van der Waals surface area contributed by atoms with Crippen molar-refractivity contribution in [2.24, 2.45) is 23.2 Å². The zero-order chi connectivity index (χ0) is 22.3. The van der Waals surface area contributed by atoms with Gasteiger partial charge in [-0.15, -0.1) is 0 Å². The van der Waals surface area contributed by atoms with Gasteiger partial charge < -0.3 is 9.84 Å². The molecule has 0 radical (unpaired) electrons. The highest BCUT2D eigenvalue weighted by atomic mass is 32.2. The van der Waals surface area contributed by atoms with Gasteiger partial charge in [-0.1, -0.05) is 70.2 Å². The number of hydrogen-bond donors (Lipinski definition) is 1. The monoisotopic (exact) mass is 435 g/mol. The lowest BCUT2D eigenvalue weighted by Gasteiger charge is -2.48. The molecule has 0 spiro atoms. The smallest absolute Gasteiger partial charge is 0.421 e. The van der Waals surface area contributed by atoms with Crippen molar-refractivity contribution in [1.82, 2.24) is 4.31 Å². The molecule has 1 aromatic carbocycles. The van der Waals surface area contributed by atoms with Gasteiger partial charge in [-0.05, 0) is 36.2 Å². The summed E-state index contributed by atoms with van der Waals surface area (Å²) in [6.45, 7) is 10.5. The summed E-state index contributed by atoms with van der Waals surface area (Å²) in [7, 11) is -4.05. The van der Waals surface area contributed by atoms with E-state index in [2.05, 4.69) is 27.7 Å². The number of nitrogens with zero attached hydrogens (tertiary/aromatic N) is 1. The van der Waals surface area contributed by atoms with Gasteiger partial charge in [0.25, 0.3) is 0 Å². The van der Waals surface area contributed by atoms with Crippen molar-refractivity contribution in [3.63, 3.8) is 0 Å². The molecule has 1 heterocycles. The predicted molar refractivity (Wildman–Crippen MR) is 116 cm³/mol. The molecule has 1 N–H and O–H groups in total. The first-order valence-electron chi connectivity index (χ1n) is 10.5. The second-order valence-corrected chi connectivity index (χ2v) is 11.7. The largest absolute Gasteiger partial charge is 0.464 e. The topological polar surface area (TPSA) is 83.9 Å². The fourth-order valence-electron chi connectivity index (χ4n) is 5.54. The third-order valence-corrected chi connectivity index (χ3v) is 8.90. The van der Waals surface area contributed by atoms with Crippen LogP contribution in [0.15, 0.2) is 42.5 Å². The van der Waals surface area contributed by atoms with Crippen LogP contribution in [0.5, 0.6) is 0 Å². The summed E-state index contributed by atoms with van der Waals surface area (Å²) in [4.78, 5) is 12.2. The molecule has 1 aliphatic carbocycles. The lowest BCUT2D eigenvalue weighted by molar-refractivity contribution is -0.0295. The van der Waals surface area contributed by atoms with Crippen LogP contribution < -0.4 is 0 Å². The highest BCUT2D eigenvalue weighted by molar-refractivity contribution is 7.90. The van der Waals surface area contributed by atoms with Crippen LogP contribution in [0.4, 0.5) is 4.79 Å². The minimum atomic E-state index is -4.05. The lowest BCUT2D eigenvalue weighted by Crippen LogP contribution is -2.56. The van der Waals surface area contributed by atoms with Crippen molar-refractivity contribution in [3.8, 4) is 0 Å². The highest BCUT2D eigenvalue weighted by Gasteiger charge is 2.66. The lowest BCUT2D eigenvalue weighted by atomic mass is 9.58. The standard InChI is InChI=1S/C23H33NO5S/c1-6-17-12-13-18-20(19(17)22(2,3)4)23(5,24(21(25)26)30(18,27)28)15-29-14-16-10-8-7-9-11-16/h7-13,17-20H,6,14-15H2,1-5H3,(H,25,26)/t17-,18-,19+,20-,23+/m1/s1. The van der Waals surface area contributed by atoms with Crippen LogP contribution in [0.3, 0.4) is 0 Å². The fraction of sp³-hybridized carbons (Fsp3) is 0.609. The zero-order valence-corrected chi connectivity index (χ0v) is 19.2. The Morgan fingerprint density at radius 2 is 1.83 bits per heavy atom. The van der Waals surface area contributed by atoms with E-state index in [0.29, 0.717) is 10.9 Å². The molecule has 2 aliphatic rings. The average Bonchev–Trinajstić information content (AvgIpc) is 2.84. The van der Waals surface area contributed by atoms with Crippen molar-refractivity contribution < 1.29 is 23.1 Å². The number of carbonyl (C=O) groups is 1. The summed E-state index contributed by atoms with van der Waals surface area (Å²) in [5, 5.41) is 9.07. The number of carboxylic acid groups (broad SMARTS) is 1. The second-order valence-electron chi connectivity index (χ2n) is 9.77. The van der Waals surface area contributed by atoms with E-state index in [1.54, 1.807) is 13.0 Å². The number of fused-ring (bicyclic) bond motifs is 1. The minimum absolute atomic E-state index is 0.00181. The van der Waals surface area contributed by atoms with E-state index >= 15 is 0 Å². The van der Waals surface area contributed by atoms with Gasteiger partial charge in [0.15, 0.2) is 0 Å². The van der Waals surface area contributed by atoms with Crippen LogP contribution in [0.2, 0.25) is 0 Å². The van der Waals surface area contributed by atoms with Crippen LogP contribution in [0.25, 0.3) is 0 Å². The Labute approximate surface area is 180 Å². The van der Waals surface area contributed by atoms with Crippen molar-refractivity contribution in [2.45, 2.75) is 58.4 Å². The number of ether oxygens (including phenoxy) is 1. The molecule has 30 heavy (non-hydrogen) atoms. The summed E-state index contributed by atoms with van der Waals surface area (Å²) in [5.41, 5.74) is -0.415. The van der Waals surface area contributed by atoms with Gasteiger partial charge in [0.05, 0.1) is 18.8 Å². The van der Waals surface area contributed by atoms with Gasteiger partial charge in [-0.2, -0.15) is 4.31 Å². The first-order chi connectivity index (χ1) is 13.9. The van der Waals surface area contributed by atoms with Crippen LogP contribution in [-0.2, 0) is 21.4 Å². The molecule has 1 aliphatic heterocycles. The Morgan fingerprint density at radius 1 is 1.20 bits per heavy atom. The first-order valence-corrected chi connectivity index (χ1v) is 12.0. The quantitative estimate of drug-likeness (QED) is 0.687. The maximum Gasteiger partial charge on any atom is 0.421 e. The summed E-state index contributed by atoms with van der Waals surface area (Å²) < 4.78 is 33.3. The van der Waals surface area contributed by atoms with Gasteiger partial charge in [-0.3, -0.25) is 0 Å². The normalized spacial score (nSPS) is 32.8. The zero-order valence-electron chi connectivity index (χ0n) is 18.4. The van der Waals surface area contributed by atoms with E-state index in [9.17, 15) is 18.3 Å². The number of rotatable bonds is 5. The van der Waals surface area contributed by atoms with E-state index in [1.165, 1.54) is 0 Å². The molecule has 1 fully saturated rings. The van der Waals surface area contributed by atoms with Gasteiger partial charge in [0, 0.05) is 5.92 Å². The summed E-state index contributed by atoms with van der Waals surface area (Å²) in [5.74, 6) is -0.199. The number of sulfonamides is 1. The van der Waals surface area contributed by atoms with Gasteiger partial charge >= 0.3 is 6.09 Å². The predicted octanol–water partition coefficient (Wildman–Crippen LogP) is 4.53. The average molecular weight is 436 g/mol. The molecule has 1 amide bonds. The van der Waals surface area contributed by atoms with Gasteiger partial charge in [0.2, 0.25) is 10.0 Å². The molecule has 1 saturated heterocycles. The Kier molecular flexibility index (Phi) is 6.09. The van der Waals surface area contributed by atoms with Gasteiger partial charge in [0.1, 0.15) is 5.25 Å². The Bertz CT molecular complexity index is 905. The van der Waals surface area contributed by atoms with E-state index in [1.807, 2.05) is 36.4 Å². The molecule has 6 nitrogen and oxygen atoms in total. The molecule has 7 heteroatoms. The van der Waals surface area contributed by atoms with Gasteiger partial charge in [-0.25, -0.2) is 13.2 Å². The molecule has 3 rings (SSSR count). The summed E-state index contributed by atoms with van der Waals surface area (Å²) in [6, 6.07) is 9.60. The molecular formula is C23H33NO5S. The summed E-state index contributed by atoms with van der Waals surface area (Å²) in [6.07, 6.45) is 3.12. The van der Waals surface area contributed by atoms with Crippen LogP contribution in [0, 0.1) is 23.2 Å². The third kappa shape index (κ3) is 3.78. The van der Waals surface area contributed by atoms with E-state index in [0.717, 1.165) is 12.0 Å². The molecule has 0 aromatic heterocycles. The molecule has 0 bridgehead atoms. The van der Waals surface area contributed by atoms with E-state index < -0.39 is 26.9 Å². The van der Waals surface area contributed by atoms with Crippen molar-refractivity contribution in [2.75, 3.05) is 6.61 Å². The molecule has 1 aromatic rings. The van der Waals surface area contributed by atoms with Crippen LogP contribution in [0.1, 0.15) is 46.6 Å². The maximum atomic E-state index is 13.3. The van der Waals surface area contributed by atoms with E-state index in [4.69, 9.17) is 4.74 Å². The van der Waals surface area contributed by atoms with Crippen molar-refractivity contribution in [1.29, 1.82) is 0 Å². The van der Waals surface area contributed by atoms with Crippen LogP contribution >= 0.6 is 0 Å². The van der Waals surface area contributed by atoms with Crippen molar-refractivity contribution in [3.05, 3.63) is 48.0 Å². The highest BCUT2D eigenvalue weighted by Crippen LogP contribution is 2.55. The third-order valence-electron chi connectivity index (χ3n) is 6.68. The van der Waals surface area contributed by atoms with E-state index in [-0.39, 0.29) is 29.8 Å². The fourth-order valence-corrected chi connectivity index (χ4v) is 7.88. The number of amides is 1. The van der Waals surface area contributed by atoms with Crippen LogP contribution in [-0.4, -0.2) is 41.3 Å². The molecule has 166 valence electrons. The molecule has 0 unspecified atom stereocenters. The Balaban J connectivity index is 2.04. The summed E-state index contributed by atoms with van der Waals surface area (Å²) >= 11 is 0. The number of allylic oxidation sites excluding steroid dienone is 1. The second kappa shape index (κ2) is 8.00. The Morgan fingerprint density at radius 3 is 2.37 bits per heavy atom. The Hall–Kier alpha value is -1.86. The molecule has 5 atom stereocenters.